The molecule has 0 radical (unpaired) electrons. The molecular formula is C18H15ClN2S. The third kappa shape index (κ3) is 3.21. The van der Waals surface area contributed by atoms with Gasteiger partial charge in [-0.05, 0) is 23.8 Å². The number of rotatable bonds is 4. The molecule has 0 unspecified atom stereocenters. The van der Waals surface area contributed by atoms with Crippen LogP contribution in [0.25, 0.3) is 11.3 Å². The van der Waals surface area contributed by atoms with Gasteiger partial charge in [0.2, 0.25) is 0 Å². The summed E-state index contributed by atoms with van der Waals surface area (Å²) in [6.45, 7) is 4.57. The van der Waals surface area contributed by atoms with Gasteiger partial charge in [0.15, 0.2) is 4.80 Å². The molecule has 0 saturated carbocycles. The lowest BCUT2D eigenvalue weighted by Crippen LogP contribution is -2.14. The van der Waals surface area contributed by atoms with Crippen molar-refractivity contribution in [3.05, 3.63) is 82.5 Å². The minimum absolute atomic E-state index is 0.691. The minimum atomic E-state index is 0.691. The fourth-order valence-electron chi connectivity index (χ4n) is 2.22. The molecule has 2 aromatic carbocycles. The van der Waals surface area contributed by atoms with E-state index in [-0.39, 0.29) is 0 Å². The number of halogens is 1. The number of aromatic nitrogens is 1. The zero-order valence-electron chi connectivity index (χ0n) is 11.9. The number of nitrogens with zero attached hydrogens (tertiary/aromatic N) is 2. The Hall–Kier alpha value is -2.10. The number of benzene rings is 2. The average Bonchev–Trinajstić information content (AvgIpc) is 2.91. The molecule has 3 aromatic rings. The largest absolute Gasteiger partial charge is 0.313 e. The SMILES string of the molecule is C=CCn1c(-c2ccccc2)csc1=Nc1cccc(Cl)c1. The third-order valence-electron chi connectivity index (χ3n) is 3.21. The maximum absolute atomic E-state index is 6.03. The number of hydrogen-bond acceptors (Lipinski definition) is 2. The molecule has 0 N–H and O–H groups in total. The summed E-state index contributed by atoms with van der Waals surface area (Å²) in [7, 11) is 0. The Morgan fingerprint density at radius 1 is 1.14 bits per heavy atom. The van der Waals surface area contributed by atoms with Gasteiger partial charge in [-0.25, -0.2) is 4.99 Å². The van der Waals surface area contributed by atoms with Crippen LogP contribution in [0.2, 0.25) is 5.02 Å². The zero-order valence-corrected chi connectivity index (χ0v) is 13.5. The van der Waals surface area contributed by atoms with Gasteiger partial charge < -0.3 is 4.57 Å². The second-order valence-corrected chi connectivity index (χ2v) is 6.03. The monoisotopic (exact) mass is 326 g/mol. The van der Waals surface area contributed by atoms with Gasteiger partial charge in [-0.3, -0.25) is 0 Å². The molecule has 0 saturated heterocycles. The van der Waals surface area contributed by atoms with E-state index >= 15 is 0 Å². The maximum atomic E-state index is 6.03. The van der Waals surface area contributed by atoms with Gasteiger partial charge in [-0.2, -0.15) is 0 Å². The predicted octanol–water partition coefficient (Wildman–Crippen LogP) is 5.29. The summed E-state index contributed by atoms with van der Waals surface area (Å²) in [6, 6.07) is 17.9. The lowest BCUT2D eigenvalue weighted by Gasteiger charge is -2.06. The molecule has 22 heavy (non-hydrogen) atoms. The molecule has 0 fully saturated rings. The van der Waals surface area contributed by atoms with E-state index < -0.39 is 0 Å². The van der Waals surface area contributed by atoms with Crippen LogP contribution in [0.3, 0.4) is 0 Å². The van der Waals surface area contributed by atoms with Gasteiger partial charge in [-0.1, -0.05) is 54.1 Å². The average molecular weight is 327 g/mol. The first-order valence-corrected chi connectivity index (χ1v) is 8.18. The molecule has 4 heteroatoms. The molecule has 0 aliphatic rings. The molecule has 0 spiro atoms. The normalized spacial score (nSPS) is 11.6. The molecule has 0 atom stereocenters. The molecule has 1 heterocycles. The lowest BCUT2D eigenvalue weighted by molar-refractivity contribution is 0.800. The first-order valence-electron chi connectivity index (χ1n) is 6.93. The highest BCUT2D eigenvalue weighted by Crippen LogP contribution is 2.21. The predicted molar refractivity (Wildman–Crippen MR) is 94.6 cm³/mol. The molecular weight excluding hydrogens is 312 g/mol. The van der Waals surface area contributed by atoms with Crippen molar-refractivity contribution >= 4 is 28.6 Å². The van der Waals surface area contributed by atoms with E-state index in [0.29, 0.717) is 11.6 Å². The van der Waals surface area contributed by atoms with Crippen LogP contribution in [0, 0.1) is 0 Å². The smallest absolute Gasteiger partial charge is 0.190 e. The van der Waals surface area contributed by atoms with E-state index in [1.54, 1.807) is 11.3 Å². The van der Waals surface area contributed by atoms with Crippen LogP contribution in [0.5, 0.6) is 0 Å². The molecule has 110 valence electrons. The first-order chi connectivity index (χ1) is 10.8. The highest BCUT2D eigenvalue weighted by atomic mass is 35.5. The van der Waals surface area contributed by atoms with Crippen molar-refractivity contribution in [3.8, 4) is 11.3 Å². The number of thiazole rings is 1. The first kappa shape index (κ1) is 14.8. The Morgan fingerprint density at radius 2 is 1.95 bits per heavy atom. The minimum Gasteiger partial charge on any atom is -0.313 e. The summed E-state index contributed by atoms with van der Waals surface area (Å²) < 4.78 is 2.16. The molecule has 0 amide bonds. The zero-order chi connectivity index (χ0) is 15.4. The number of allylic oxidation sites excluding steroid dienone is 1. The topological polar surface area (TPSA) is 17.3 Å². The third-order valence-corrected chi connectivity index (χ3v) is 4.31. The molecule has 0 bridgehead atoms. The van der Waals surface area contributed by atoms with Crippen molar-refractivity contribution in [2.24, 2.45) is 4.99 Å². The van der Waals surface area contributed by atoms with E-state index in [1.807, 2.05) is 48.5 Å². The Morgan fingerprint density at radius 3 is 2.68 bits per heavy atom. The Labute approximate surface area is 138 Å². The van der Waals surface area contributed by atoms with Gasteiger partial charge in [0.25, 0.3) is 0 Å². The van der Waals surface area contributed by atoms with E-state index in [9.17, 15) is 0 Å². The standard InChI is InChI=1S/C18H15ClN2S/c1-2-11-21-17(14-7-4-3-5-8-14)13-22-18(21)20-16-10-6-9-15(19)12-16/h2-10,12-13H,1,11H2. The molecule has 2 nitrogen and oxygen atoms in total. The van der Waals surface area contributed by atoms with Gasteiger partial charge in [0, 0.05) is 16.9 Å². The van der Waals surface area contributed by atoms with Gasteiger partial charge in [-0.15, -0.1) is 17.9 Å². The highest BCUT2D eigenvalue weighted by Gasteiger charge is 2.06. The quantitative estimate of drug-likeness (QED) is 0.580. The number of hydrogen-bond donors (Lipinski definition) is 0. The van der Waals surface area contributed by atoms with E-state index in [1.165, 1.54) is 5.56 Å². The Balaban J connectivity index is 2.13. The van der Waals surface area contributed by atoms with Gasteiger partial charge >= 0.3 is 0 Å². The molecule has 0 aliphatic carbocycles. The Bertz CT molecular complexity index is 847. The van der Waals surface area contributed by atoms with Crippen LogP contribution in [-0.2, 0) is 6.54 Å². The van der Waals surface area contributed by atoms with Crippen LogP contribution < -0.4 is 4.80 Å². The Kier molecular flexibility index (Phi) is 4.56. The van der Waals surface area contributed by atoms with E-state index in [2.05, 4.69) is 28.7 Å². The second kappa shape index (κ2) is 6.77. The van der Waals surface area contributed by atoms with Crippen LogP contribution in [0.4, 0.5) is 5.69 Å². The van der Waals surface area contributed by atoms with E-state index in [4.69, 9.17) is 16.6 Å². The van der Waals surface area contributed by atoms with Crippen LogP contribution in [-0.4, -0.2) is 4.57 Å². The maximum Gasteiger partial charge on any atom is 0.190 e. The second-order valence-electron chi connectivity index (χ2n) is 4.76. The van der Waals surface area contributed by atoms with Crippen LogP contribution >= 0.6 is 22.9 Å². The van der Waals surface area contributed by atoms with Crippen molar-refractivity contribution in [2.75, 3.05) is 0 Å². The van der Waals surface area contributed by atoms with Crippen molar-refractivity contribution < 1.29 is 0 Å². The fraction of sp³-hybridized carbons (Fsp3) is 0.0556. The van der Waals surface area contributed by atoms with Crippen molar-refractivity contribution in [1.82, 2.24) is 4.57 Å². The summed E-state index contributed by atoms with van der Waals surface area (Å²) in [5, 5.41) is 2.82. The van der Waals surface area contributed by atoms with Gasteiger partial charge in [0.05, 0.1) is 11.4 Å². The van der Waals surface area contributed by atoms with Crippen molar-refractivity contribution in [2.45, 2.75) is 6.54 Å². The summed E-state index contributed by atoms with van der Waals surface area (Å²) in [6.07, 6.45) is 1.89. The van der Waals surface area contributed by atoms with Crippen LogP contribution in [0.1, 0.15) is 0 Å². The molecule has 3 rings (SSSR count). The summed E-state index contributed by atoms with van der Waals surface area (Å²) in [4.78, 5) is 5.65. The van der Waals surface area contributed by atoms with Gasteiger partial charge in [0.1, 0.15) is 0 Å². The van der Waals surface area contributed by atoms with Crippen molar-refractivity contribution in [3.63, 3.8) is 0 Å². The summed E-state index contributed by atoms with van der Waals surface area (Å²) in [5.74, 6) is 0. The summed E-state index contributed by atoms with van der Waals surface area (Å²) >= 11 is 7.65. The van der Waals surface area contributed by atoms with Crippen molar-refractivity contribution in [1.29, 1.82) is 0 Å². The highest BCUT2D eigenvalue weighted by molar-refractivity contribution is 7.07. The summed E-state index contributed by atoms with van der Waals surface area (Å²) in [5.41, 5.74) is 3.17. The molecule has 0 aliphatic heterocycles. The molecule has 1 aromatic heterocycles. The van der Waals surface area contributed by atoms with Crippen LogP contribution in [0.15, 0.2) is 77.6 Å². The van der Waals surface area contributed by atoms with E-state index in [0.717, 1.165) is 16.2 Å². The lowest BCUT2D eigenvalue weighted by atomic mass is 10.2. The fourth-order valence-corrected chi connectivity index (χ4v) is 3.34.